The molecule has 0 bridgehead atoms. The van der Waals surface area contributed by atoms with Crippen LogP contribution >= 0.6 is 11.6 Å². The van der Waals surface area contributed by atoms with Crippen molar-refractivity contribution in [1.82, 2.24) is 5.16 Å². The van der Waals surface area contributed by atoms with Crippen LogP contribution in [0.2, 0.25) is 5.02 Å². The van der Waals surface area contributed by atoms with Gasteiger partial charge in [0.1, 0.15) is 0 Å². The molecule has 3 rings (SSSR count). The van der Waals surface area contributed by atoms with Crippen LogP contribution in [-0.2, 0) is 10.0 Å². The molecule has 10 heteroatoms. The van der Waals surface area contributed by atoms with Crippen LogP contribution in [0.25, 0.3) is 12.2 Å². The van der Waals surface area contributed by atoms with Crippen molar-refractivity contribution in [2.24, 2.45) is 0 Å². The molecule has 0 fully saturated rings. The first-order chi connectivity index (χ1) is 13.7. The first-order valence-corrected chi connectivity index (χ1v) is 10.2. The fraction of sp³-hybridized carbons (Fsp3) is 0.105. The summed E-state index contributed by atoms with van der Waals surface area (Å²) in [7, 11) is -3.79. The van der Waals surface area contributed by atoms with Crippen molar-refractivity contribution in [1.29, 1.82) is 0 Å². The smallest absolute Gasteiger partial charge is 0.338 e. The molecule has 0 aliphatic heterocycles. The fourth-order valence-electron chi connectivity index (χ4n) is 2.51. The van der Waals surface area contributed by atoms with E-state index in [0.29, 0.717) is 16.3 Å². The quantitative estimate of drug-likeness (QED) is 0.440. The Morgan fingerprint density at radius 3 is 2.45 bits per heavy atom. The van der Waals surface area contributed by atoms with Gasteiger partial charge < -0.3 is 4.52 Å². The molecule has 8 nitrogen and oxygen atoms in total. The zero-order valence-corrected chi connectivity index (χ0v) is 17.0. The Morgan fingerprint density at radius 1 is 1.14 bits per heavy atom. The molecule has 0 unspecified atom stereocenters. The molecule has 0 saturated heterocycles. The molecule has 0 aliphatic rings. The molecular formula is C19H16ClN3O5S. The Morgan fingerprint density at radius 2 is 1.83 bits per heavy atom. The molecule has 1 heterocycles. The number of rotatable bonds is 6. The second-order valence-corrected chi connectivity index (χ2v) is 8.30. The molecule has 150 valence electrons. The van der Waals surface area contributed by atoms with E-state index in [1.165, 1.54) is 31.2 Å². The Bertz CT molecular complexity index is 1200. The van der Waals surface area contributed by atoms with Gasteiger partial charge in [-0.25, -0.2) is 8.42 Å². The molecule has 3 aromatic rings. The maximum atomic E-state index is 12.5. The van der Waals surface area contributed by atoms with Crippen LogP contribution in [0.3, 0.4) is 0 Å². The molecule has 0 saturated carbocycles. The standard InChI is InChI=1S/C19H16ClN3O5S/c1-12-3-7-15(11-17(12)20)22-29(26,27)16-8-4-14(5-9-16)6-10-18-19(23(24)25)13(2)21-28-18/h3-11,22H,1-2H3/b10-6+. The maximum absolute atomic E-state index is 12.5. The molecule has 0 amide bonds. The lowest BCUT2D eigenvalue weighted by Crippen LogP contribution is -2.12. The van der Waals surface area contributed by atoms with Gasteiger partial charge >= 0.3 is 5.69 Å². The molecule has 0 aliphatic carbocycles. The van der Waals surface area contributed by atoms with Crippen LogP contribution < -0.4 is 4.72 Å². The van der Waals surface area contributed by atoms with E-state index in [1.54, 1.807) is 30.3 Å². The largest absolute Gasteiger partial charge is 0.349 e. The summed E-state index contributed by atoms with van der Waals surface area (Å²) in [5, 5.41) is 15.1. The second-order valence-electron chi connectivity index (χ2n) is 6.21. The molecule has 0 spiro atoms. The van der Waals surface area contributed by atoms with E-state index in [0.717, 1.165) is 5.56 Å². The number of nitrogens with zero attached hydrogens (tertiary/aromatic N) is 2. The van der Waals surface area contributed by atoms with E-state index in [2.05, 4.69) is 9.88 Å². The first kappa shape index (κ1) is 20.6. The van der Waals surface area contributed by atoms with E-state index in [-0.39, 0.29) is 22.0 Å². The number of halogens is 1. The topological polar surface area (TPSA) is 115 Å². The molecule has 2 aromatic carbocycles. The molecular weight excluding hydrogens is 418 g/mol. The highest BCUT2D eigenvalue weighted by Crippen LogP contribution is 2.25. The molecule has 0 radical (unpaired) electrons. The van der Waals surface area contributed by atoms with Gasteiger partial charge in [0.05, 0.1) is 15.5 Å². The van der Waals surface area contributed by atoms with Gasteiger partial charge in [0.15, 0.2) is 5.69 Å². The zero-order valence-electron chi connectivity index (χ0n) is 15.4. The van der Waals surface area contributed by atoms with Crippen molar-refractivity contribution in [3.05, 3.63) is 80.2 Å². The molecule has 29 heavy (non-hydrogen) atoms. The minimum Gasteiger partial charge on any atom is -0.349 e. The van der Waals surface area contributed by atoms with Gasteiger partial charge in [-0.05, 0) is 55.3 Å². The Labute approximate surface area is 172 Å². The summed E-state index contributed by atoms with van der Waals surface area (Å²) < 4.78 is 32.5. The zero-order chi connectivity index (χ0) is 21.2. The van der Waals surface area contributed by atoms with Crippen molar-refractivity contribution in [3.63, 3.8) is 0 Å². The predicted octanol–water partition coefficient (Wildman–Crippen LogP) is 4.82. The number of aryl methyl sites for hydroxylation is 2. The third-order valence-corrected chi connectivity index (χ3v) is 5.89. The average molecular weight is 434 g/mol. The van der Waals surface area contributed by atoms with E-state index >= 15 is 0 Å². The number of benzene rings is 2. The Hall–Kier alpha value is -3.17. The van der Waals surface area contributed by atoms with E-state index in [1.807, 2.05) is 6.92 Å². The highest BCUT2D eigenvalue weighted by Gasteiger charge is 2.22. The lowest BCUT2D eigenvalue weighted by Gasteiger charge is -2.09. The summed E-state index contributed by atoms with van der Waals surface area (Å²) in [6, 6.07) is 10.9. The van der Waals surface area contributed by atoms with Crippen molar-refractivity contribution in [2.45, 2.75) is 18.7 Å². The summed E-state index contributed by atoms with van der Waals surface area (Å²) in [5.74, 6) is 0.0158. The molecule has 1 N–H and O–H groups in total. The van der Waals surface area contributed by atoms with Crippen LogP contribution in [-0.4, -0.2) is 18.5 Å². The number of aromatic nitrogens is 1. The summed E-state index contributed by atoms with van der Waals surface area (Å²) in [6.07, 6.45) is 2.98. The van der Waals surface area contributed by atoms with Gasteiger partial charge in [-0.15, -0.1) is 0 Å². The Kier molecular flexibility index (Phi) is 5.71. The molecule has 1 aromatic heterocycles. The number of hydrogen-bond acceptors (Lipinski definition) is 6. The van der Waals surface area contributed by atoms with Crippen molar-refractivity contribution in [3.8, 4) is 0 Å². The predicted molar refractivity (Wildman–Crippen MR) is 110 cm³/mol. The van der Waals surface area contributed by atoms with Gasteiger partial charge in [-0.2, -0.15) is 0 Å². The summed E-state index contributed by atoms with van der Waals surface area (Å²) >= 11 is 6.03. The van der Waals surface area contributed by atoms with Gasteiger partial charge in [0.25, 0.3) is 10.0 Å². The Balaban J connectivity index is 1.79. The number of nitrogens with one attached hydrogen (secondary N) is 1. The molecule has 0 atom stereocenters. The van der Waals surface area contributed by atoms with Crippen molar-refractivity contribution >= 4 is 45.2 Å². The number of hydrogen-bond donors (Lipinski definition) is 1. The first-order valence-electron chi connectivity index (χ1n) is 8.35. The minimum absolute atomic E-state index is 0.0158. The van der Waals surface area contributed by atoms with Gasteiger partial charge in [-0.1, -0.05) is 41.0 Å². The van der Waals surface area contributed by atoms with Crippen LogP contribution in [0.5, 0.6) is 0 Å². The van der Waals surface area contributed by atoms with Crippen molar-refractivity contribution in [2.75, 3.05) is 4.72 Å². The highest BCUT2D eigenvalue weighted by atomic mass is 35.5. The van der Waals surface area contributed by atoms with Crippen LogP contribution in [0.1, 0.15) is 22.6 Å². The van der Waals surface area contributed by atoms with Crippen LogP contribution in [0.4, 0.5) is 11.4 Å². The fourth-order valence-corrected chi connectivity index (χ4v) is 3.74. The lowest BCUT2D eigenvalue weighted by molar-refractivity contribution is -0.386. The van der Waals surface area contributed by atoms with E-state index < -0.39 is 14.9 Å². The van der Waals surface area contributed by atoms with Crippen LogP contribution in [0.15, 0.2) is 51.9 Å². The van der Waals surface area contributed by atoms with Crippen molar-refractivity contribution < 1.29 is 17.9 Å². The van der Waals surface area contributed by atoms with E-state index in [9.17, 15) is 18.5 Å². The summed E-state index contributed by atoms with van der Waals surface area (Å²) in [4.78, 5) is 10.5. The van der Waals surface area contributed by atoms with Gasteiger partial charge in [-0.3, -0.25) is 14.8 Å². The third kappa shape index (κ3) is 4.64. The third-order valence-electron chi connectivity index (χ3n) is 4.08. The monoisotopic (exact) mass is 433 g/mol. The number of anilines is 1. The van der Waals surface area contributed by atoms with Gasteiger partial charge in [0, 0.05) is 5.02 Å². The minimum atomic E-state index is -3.79. The number of nitro groups is 1. The second kappa shape index (κ2) is 8.06. The summed E-state index contributed by atoms with van der Waals surface area (Å²) in [6.45, 7) is 3.30. The maximum Gasteiger partial charge on any atom is 0.338 e. The van der Waals surface area contributed by atoms with Crippen LogP contribution in [0, 0.1) is 24.0 Å². The normalized spacial score (nSPS) is 11.7. The summed E-state index contributed by atoms with van der Waals surface area (Å²) in [5.41, 5.74) is 1.80. The lowest BCUT2D eigenvalue weighted by atomic mass is 10.2. The van der Waals surface area contributed by atoms with E-state index in [4.69, 9.17) is 16.1 Å². The van der Waals surface area contributed by atoms with Gasteiger partial charge in [0.2, 0.25) is 5.76 Å². The number of sulfonamides is 1. The SMILES string of the molecule is Cc1ccc(NS(=O)(=O)c2ccc(/C=C/c3onc(C)c3[N+](=O)[O-])cc2)cc1Cl. The highest BCUT2D eigenvalue weighted by molar-refractivity contribution is 7.92. The average Bonchev–Trinajstić information content (AvgIpc) is 3.04.